The van der Waals surface area contributed by atoms with Gasteiger partial charge in [-0.05, 0) is 17.2 Å². The van der Waals surface area contributed by atoms with Gasteiger partial charge < -0.3 is 0 Å². The quantitative estimate of drug-likeness (QED) is 0.912. The molecule has 0 spiro atoms. The monoisotopic (exact) mass is 262 g/mol. The fourth-order valence-electron chi connectivity index (χ4n) is 1.73. The van der Waals surface area contributed by atoms with Gasteiger partial charge in [-0.3, -0.25) is 4.98 Å². The molecule has 2 aromatic rings. The van der Waals surface area contributed by atoms with Crippen molar-refractivity contribution in [3.8, 4) is 0 Å². The van der Waals surface area contributed by atoms with Crippen LogP contribution in [0.1, 0.15) is 17.2 Å². The van der Waals surface area contributed by atoms with Crippen molar-refractivity contribution in [1.29, 1.82) is 0 Å². The summed E-state index contributed by atoms with van der Waals surface area (Å²) in [7, 11) is -3.30. The van der Waals surface area contributed by atoms with E-state index in [0.29, 0.717) is 0 Å². The highest BCUT2D eigenvalue weighted by molar-refractivity contribution is 7.88. The van der Waals surface area contributed by atoms with Gasteiger partial charge in [-0.2, -0.15) is 0 Å². The van der Waals surface area contributed by atoms with Crippen LogP contribution in [0.25, 0.3) is 0 Å². The first kappa shape index (κ1) is 12.7. The number of nitrogens with zero attached hydrogens (tertiary/aromatic N) is 1. The molecule has 0 bridgehead atoms. The molecule has 4 nitrogen and oxygen atoms in total. The summed E-state index contributed by atoms with van der Waals surface area (Å²) >= 11 is 0. The molecule has 0 radical (unpaired) electrons. The first-order valence-electron chi connectivity index (χ1n) is 5.48. The first-order valence-corrected chi connectivity index (χ1v) is 7.37. The van der Waals surface area contributed by atoms with Crippen molar-refractivity contribution < 1.29 is 8.42 Å². The summed E-state index contributed by atoms with van der Waals surface area (Å²) in [6, 6.07) is 12.6. The van der Waals surface area contributed by atoms with Crippen LogP contribution in [0.5, 0.6) is 0 Å². The number of benzene rings is 1. The topological polar surface area (TPSA) is 59.1 Å². The number of sulfonamides is 1. The summed E-state index contributed by atoms with van der Waals surface area (Å²) in [5.41, 5.74) is 1.70. The van der Waals surface area contributed by atoms with Gasteiger partial charge >= 0.3 is 0 Å². The lowest BCUT2D eigenvalue weighted by Crippen LogP contribution is -2.28. The van der Waals surface area contributed by atoms with Crippen molar-refractivity contribution in [2.24, 2.45) is 0 Å². The van der Waals surface area contributed by atoms with Gasteiger partial charge in [0.1, 0.15) is 0 Å². The molecule has 0 saturated carbocycles. The summed E-state index contributed by atoms with van der Waals surface area (Å²) in [6.45, 7) is 0. The summed E-state index contributed by atoms with van der Waals surface area (Å²) in [4.78, 5) is 4.03. The lowest BCUT2D eigenvalue weighted by Gasteiger charge is -2.17. The lowest BCUT2D eigenvalue weighted by atomic mass is 10.0. The molecule has 1 aromatic carbocycles. The van der Waals surface area contributed by atoms with E-state index in [4.69, 9.17) is 0 Å². The van der Waals surface area contributed by atoms with Gasteiger partial charge in [0.2, 0.25) is 10.0 Å². The zero-order valence-electron chi connectivity index (χ0n) is 9.95. The lowest BCUT2D eigenvalue weighted by molar-refractivity contribution is 0.578. The van der Waals surface area contributed by atoms with E-state index in [2.05, 4.69) is 9.71 Å². The Kier molecular flexibility index (Phi) is 3.74. The van der Waals surface area contributed by atoms with Crippen LogP contribution in [-0.4, -0.2) is 19.7 Å². The van der Waals surface area contributed by atoms with Crippen LogP contribution in [0, 0.1) is 0 Å². The van der Waals surface area contributed by atoms with E-state index in [0.717, 1.165) is 17.4 Å². The predicted octanol–water partition coefficient (Wildman–Crippen LogP) is 1.72. The van der Waals surface area contributed by atoms with Gasteiger partial charge in [-0.25, -0.2) is 13.1 Å². The maximum Gasteiger partial charge on any atom is 0.209 e. The molecule has 0 amide bonds. The normalized spacial score (nSPS) is 13.2. The second kappa shape index (κ2) is 5.29. The molecule has 0 aliphatic rings. The maximum atomic E-state index is 11.5. The number of rotatable bonds is 4. The molecule has 1 heterocycles. The molecule has 2 rings (SSSR count). The zero-order valence-corrected chi connectivity index (χ0v) is 10.8. The van der Waals surface area contributed by atoms with Crippen molar-refractivity contribution in [2.45, 2.75) is 6.04 Å². The smallest absolute Gasteiger partial charge is 0.209 e. The van der Waals surface area contributed by atoms with Crippen LogP contribution in [0.15, 0.2) is 54.9 Å². The maximum absolute atomic E-state index is 11.5. The van der Waals surface area contributed by atoms with Crippen molar-refractivity contribution in [3.05, 3.63) is 66.0 Å². The van der Waals surface area contributed by atoms with E-state index < -0.39 is 16.1 Å². The first-order chi connectivity index (χ1) is 8.56. The Morgan fingerprint density at radius 2 is 1.72 bits per heavy atom. The van der Waals surface area contributed by atoms with Crippen molar-refractivity contribution >= 4 is 10.0 Å². The Morgan fingerprint density at radius 3 is 2.28 bits per heavy atom. The van der Waals surface area contributed by atoms with Crippen LogP contribution in [0.3, 0.4) is 0 Å². The highest BCUT2D eigenvalue weighted by Gasteiger charge is 2.17. The Balaban J connectivity index is 2.42. The van der Waals surface area contributed by atoms with E-state index >= 15 is 0 Å². The highest BCUT2D eigenvalue weighted by atomic mass is 32.2. The number of aromatic nitrogens is 1. The standard InChI is InChI=1S/C13H14N2O2S/c1-18(16,17)15-13(11-6-3-2-4-7-11)12-8-5-9-14-10-12/h2-10,13,15H,1H3. The third-order valence-electron chi connectivity index (χ3n) is 2.48. The Hall–Kier alpha value is -1.72. The number of pyridine rings is 1. The molecule has 1 aromatic heterocycles. The van der Waals surface area contributed by atoms with Crippen molar-refractivity contribution in [2.75, 3.05) is 6.26 Å². The van der Waals surface area contributed by atoms with Crippen molar-refractivity contribution in [3.63, 3.8) is 0 Å². The average molecular weight is 262 g/mol. The molecule has 18 heavy (non-hydrogen) atoms. The Bertz CT molecular complexity index is 558. The minimum Gasteiger partial charge on any atom is -0.264 e. The number of hydrogen-bond donors (Lipinski definition) is 1. The molecular formula is C13H14N2O2S. The predicted molar refractivity (Wildman–Crippen MR) is 70.5 cm³/mol. The second-order valence-electron chi connectivity index (χ2n) is 4.02. The number of hydrogen-bond acceptors (Lipinski definition) is 3. The summed E-state index contributed by atoms with van der Waals surface area (Å²) in [5, 5.41) is 0. The van der Waals surface area contributed by atoms with Gasteiger partial charge in [-0.1, -0.05) is 36.4 Å². The van der Waals surface area contributed by atoms with E-state index in [9.17, 15) is 8.42 Å². The molecule has 1 N–H and O–H groups in total. The molecule has 5 heteroatoms. The zero-order chi connectivity index (χ0) is 13.0. The minimum absolute atomic E-state index is 0.408. The Morgan fingerprint density at radius 1 is 1.06 bits per heavy atom. The van der Waals surface area contributed by atoms with E-state index in [1.165, 1.54) is 0 Å². The molecular weight excluding hydrogens is 248 g/mol. The van der Waals surface area contributed by atoms with Gasteiger partial charge in [-0.15, -0.1) is 0 Å². The molecule has 1 unspecified atom stereocenters. The summed E-state index contributed by atoms with van der Waals surface area (Å²) in [6.07, 6.45) is 4.47. The van der Waals surface area contributed by atoms with Crippen LogP contribution in [-0.2, 0) is 10.0 Å². The highest BCUT2D eigenvalue weighted by Crippen LogP contribution is 2.21. The molecule has 94 valence electrons. The molecule has 0 saturated heterocycles. The minimum atomic E-state index is -3.30. The van der Waals surface area contributed by atoms with E-state index in [1.54, 1.807) is 18.5 Å². The van der Waals surface area contributed by atoms with Crippen LogP contribution in [0.2, 0.25) is 0 Å². The summed E-state index contributed by atoms with van der Waals surface area (Å²) < 4.78 is 25.5. The van der Waals surface area contributed by atoms with E-state index in [-0.39, 0.29) is 0 Å². The Labute approximate surface area is 107 Å². The van der Waals surface area contributed by atoms with Gasteiger partial charge in [0.05, 0.1) is 12.3 Å². The third kappa shape index (κ3) is 3.38. The molecule has 0 fully saturated rings. The fourth-order valence-corrected chi connectivity index (χ4v) is 2.44. The fraction of sp³-hybridized carbons (Fsp3) is 0.154. The van der Waals surface area contributed by atoms with Gasteiger partial charge in [0, 0.05) is 12.4 Å². The van der Waals surface area contributed by atoms with Crippen LogP contribution >= 0.6 is 0 Å². The van der Waals surface area contributed by atoms with Crippen LogP contribution < -0.4 is 4.72 Å². The molecule has 0 aliphatic carbocycles. The second-order valence-corrected chi connectivity index (χ2v) is 5.80. The average Bonchev–Trinajstić information content (AvgIpc) is 2.37. The van der Waals surface area contributed by atoms with Crippen LogP contribution in [0.4, 0.5) is 0 Å². The van der Waals surface area contributed by atoms with Gasteiger partial charge in [0.25, 0.3) is 0 Å². The number of nitrogens with one attached hydrogen (secondary N) is 1. The van der Waals surface area contributed by atoms with Crippen molar-refractivity contribution in [1.82, 2.24) is 9.71 Å². The molecule has 1 atom stereocenters. The SMILES string of the molecule is CS(=O)(=O)NC(c1ccccc1)c1cccnc1. The van der Waals surface area contributed by atoms with Gasteiger partial charge in [0.15, 0.2) is 0 Å². The largest absolute Gasteiger partial charge is 0.264 e. The summed E-state index contributed by atoms with van der Waals surface area (Å²) in [5.74, 6) is 0. The van der Waals surface area contributed by atoms with E-state index in [1.807, 2.05) is 36.4 Å². The molecule has 0 aliphatic heterocycles. The third-order valence-corrected chi connectivity index (χ3v) is 3.15.